The van der Waals surface area contributed by atoms with Crippen LogP contribution in [0.5, 0.6) is 5.75 Å². The van der Waals surface area contributed by atoms with Crippen molar-refractivity contribution in [1.82, 2.24) is 0 Å². The number of carboxylic acids is 3. The van der Waals surface area contributed by atoms with Crippen LogP contribution in [-0.4, -0.2) is 56.5 Å². The van der Waals surface area contributed by atoms with E-state index in [2.05, 4.69) is 0 Å². The van der Waals surface area contributed by atoms with E-state index in [9.17, 15) is 19.5 Å². The molecule has 11 nitrogen and oxygen atoms in total. The van der Waals surface area contributed by atoms with Gasteiger partial charge in [-0.25, -0.2) is 4.57 Å². The molecule has 28 heavy (non-hydrogen) atoms. The van der Waals surface area contributed by atoms with Crippen molar-refractivity contribution in [2.75, 3.05) is 0 Å². The minimum Gasteiger partial charge on any atom is -0.503 e. The first-order valence-electron chi connectivity index (χ1n) is 8.71. The Morgan fingerprint density at radius 2 is 1.43 bits per heavy atom. The van der Waals surface area contributed by atoms with Crippen molar-refractivity contribution >= 4 is 17.9 Å². The molecule has 0 aliphatic heterocycles. The van der Waals surface area contributed by atoms with Crippen molar-refractivity contribution in [1.29, 1.82) is 0 Å². The number of nitrogens with zero attached hydrogens (tertiary/aromatic N) is 1. The molecule has 0 saturated heterocycles. The lowest BCUT2D eigenvalue weighted by Crippen LogP contribution is -2.38. The number of aromatic hydroxyl groups is 1. The van der Waals surface area contributed by atoms with Crippen LogP contribution in [0.1, 0.15) is 30.4 Å². The summed E-state index contributed by atoms with van der Waals surface area (Å²) in [6.45, 7) is 0.359. The second-order valence-corrected chi connectivity index (χ2v) is 6.60. The van der Waals surface area contributed by atoms with E-state index in [4.69, 9.17) is 32.5 Å². The van der Waals surface area contributed by atoms with Crippen LogP contribution in [0.25, 0.3) is 0 Å². The van der Waals surface area contributed by atoms with Gasteiger partial charge < -0.3 is 37.6 Å². The molecule has 11 heteroatoms. The topological polar surface area (TPSA) is 214 Å². The van der Waals surface area contributed by atoms with E-state index in [0.29, 0.717) is 24.1 Å². The Morgan fingerprint density at radius 1 is 0.893 bits per heavy atom. The summed E-state index contributed by atoms with van der Waals surface area (Å²) in [5, 5.41) is 37.1. The summed E-state index contributed by atoms with van der Waals surface area (Å²) < 4.78 is 1.61. The van der Waals surface area contributed by atoms with Crippen LogP contribution in [-0.2, 0) is 33.8 Å². The molecule has 1 aromatic rings. The monoisotopic (exact) mass is 399 g/mol. The molecule has 0 aromatic carbocycles. The first kappa shape index (κ1) is 23.3. The summed E-state index contributed by atoms with van der Waals surface area (Å²) in [4.78, 5) is 32.7. The van der Waals surface area contributed by atoms with Crippen LogP contribution < -0.4 is 21.8 Å². The number of aromatic nitrogens is 1. The van der Waals surface area contributed by atoms with Crippen molar-refractivity contribution in [3.05, 3.63) is 23.5 Å². The quantitative estimate of drug-likeness (QED) is 0.195. The maximum absolute atomic E-state index is 11.0. The van der Waals surface area contributed by atoms with Gasteiger partial charge in [0.25, 0.3) is 0 Å². The molecule has 0 spiro atoms. The average Bonchev–Trinajstić information content (AvgIpc) is 2.61. The molecule has 0 bridgehead atoms. The van der Waals surface area contributed by atoms with Gasteiger partial charge in [-0.2, -0.15) is 0 Å². The molecule has 0 radical (unpaired) electrons. The summed E-state index contributed by atoms with van der Waals surface area (Å²) in [5.41, 5.74) is 17.4. The Bertz CT molecular complexity index is 726. The third kappa shape index (κ3) is 7.10. The summed E-state index contributed by atoms with van der Waals surface area (Å²) in [5.74, 6) is -3.68. The van der Waals surface area contributed by atoms with E-state index in [1.54, 1.807) is 10.8 Å². The zero-order chi connectivity index (χ0) is 21.4. The van der Waals surface area contributed by atoms with Crippen LogP contribution in [0.3, 0.4) is 0 Å². The molecule has 0 aliphatic rings. The summed E-state index contributed by atoms with van der Waals surface area (Å²) in [6.07, 6.45) is 3.83. The smallest absolute Gasteiger partial charge is 0.320 e. The van der Waals surface area contributed by atoms with Gasteiger partial charge in [0.1, 0.15) is 24.7 Å². The zero-order valence-corrected chi connectivity index (χ0v) is 15.3. The largest absolute Gasteiger partial charge is 0.503 e. The van der Waals surface area contributed by atoms with Gasteiger partial charge in [0, 0.05) is 24.0 Å². The number of aliphatic carboxylic acids is 3. The second-order valence-electron chi connectivity index (χ2n) is 6.60. The maximum Gasteiger partial charge on any atom is 0.320 e. The molecule has 1 heterocycles. The van der Waals surface area contributed by atoms with E-state index in [-0.39, 0.29) is 31.4 Å². The molecule has 0 aliphatic carbocycles. The Labute approximate surface area is 161 Å². The highest BCUT2D eigenvalue weighted by atomic mass is 16.4. The van der Waals surface area contributed by atoms with Gasteiger partial charge in [-0.15, -0.1) is 0 Å². The van der Waals surface area contributed by atoms with Gasteiger partial charge in [0.15, 0.2) is 11.9 Å². The lowest BCUT2D eigenvalue weighted by Gasteiger charge is -2.14. The van der Waals surface area contributed by atoms with Crippen molar-refractivity contribution in [2.45, 2.75) is 56.8 Å². The highest BCUT2D eigenvalue weighted by molar-refractivity contribution is 5.74. The Morgan fingerprint density at radius 3 is 1.96 bits per heavy atom. The van der Waals surface area contributed by atoms with Crippen molar-refractivity contribution in [2.24, 2.45) is 17.2 Å². The highest BCUT2D eigenvalue weighted by Crippen LogP contribution is 2.22. The number of rotatable bonds is 12. The van der Waals surface area contributed by atoms with Crippen molar-refractivity contribution in [3.8, 4) is 5.75 Å². The summed E-state index contributed by atoms with van der Waals surface area (Å²) in [6, 6.07) is -3.33. The fourth-order valence-corrected chi connectivity index (χ4v) is 2.65. The summed E-state index contributed by atoms with van der Waals surface area (Å²) in [7, 11) is 0. The second kappa shape index (κ2) is 10.5. The molecule has 3 atom stereocenters. The number of pyridine rings is 1. The molecule has 156 valence electrons. The Kier molecular flexibility index (Phi) is 8.76. The number of carbonyl (C=O) groups is 3. The molecule has 0 amide bonds. The first-order valence-corrected chi connectivity index (χ1v) is 8.71. The maximum atomic E-state index is 11.0. The molecule has 0 saturated carbocycles. The van der Waals surface area contributed by atoms with Gasteiger partial charge in [-0.1, -0.05) is 0 Å². The van der Waals surface area contributed by atoms with Crippen molar-refractivity contribution in [3.63, 3.8) is 0 Å². The van der Waals surface area contributed by atoms with Crippen LogP contribution in [0.15, 0.2) is 12.4 Å². The van der Waals surface area contributed by atoms with Gasteiger partial charge in [0.2, 0.25) is 6.20 Å². The van der Waals surface area contributed by atoms with Gasteiger partial charge >= 0.3 is 17.9 Å². The number of hydrogen-bond acceptors (Lipinski definition) is 7. The van der Waals surface area contributed by atoms with E-state index in [0.717, 1.165) is 0 Å². The molecular weight excluding hydrogens is 372 g/mol. The Balaban J connectivity index is 3.02. The predicted octanol–water partition coefficient (Wildman–Crippen LogP) is -1.83. The fourth-order valence-electron chi connectivity index (χ4n) is 2.65. The molecule has 10 N–H and O–H groups in total. The number of aryl methyl sites for hydroxylation is 2. The molecule has 1 aromatic heterocycles. The minimum atomic E-state index is -1.23. The fraction of sp³-hybridized carbons (Fsp3) is 0.529. The molecular formula is C17H27N4O7+. The minimum absolute atomic E-state index is 0.0813. The van der Waals surface area contributed by atoms with Crippen LogP contribution in [0.4, 0.5) is 0 Å². The third-order valence-electron chi connectivity index (χ3n) is 4.34. The van der Waals surface area contributed by atoms with E-state index >= 15 is 0 Å². The van der Waals surface area contributed by atoms with E-state index in [1.165, 1.54) is 6.20 Å². The van der Waals surface area contributed by atoms with Crippen LogP contribution >= 0.6 is 0 Å². The zero-order valence-electron chi connectivity index (χ0n) is 15.3. The number of carboxylic acid groups (broad SMARTS) is 3. The van der Waals surface area contributed by atoms with E-state index < -0.39 is 36.0 Å². The number of hydrogen-bond donors (Lipinski definition) is 7. The standard InChI is InChI=1S/C17H26N4O7/c18-11(15(23)24)2-1-5-21-7-9(3-4-12(19)16(25)26)10(14(22)8-21)6-13(20)17(27)28/h7-8,11-13H,1-6,18-20H2,(H3-,22,23,24,25,26,27,28)/p+1/t11-,12-,13-/m0/s1. The van der Waals surface area contributed by atoms with Crippen LogP contribution in [0.2, 0.25) is 0 Å². The normalized spacial score (nSPS) is 14.2. The van der Waals surface area contributed by atoms with E-state index in [1.807, 2.05) is 0 Å². The number of nitrogens with two attached hydrogens (primary N) is 3. The first-order chi connectivity index (χ1) is 13.0. The van der Waals surface area contributed by atoms with Gasteiger partial charge in [-0.3, -0.25) is 14.4 Å². The van der Waals surface area contributed by atoms with Crippen LogP contribution in [0, 0.1) is 0 Å². The third-order valence-corrected chi connectivity index (χ3v) is 4.34. The highest BCUT2D eigenvalue weighted by Gasteiger charge is 2.23. The average molecular weight is 399 g/mol. The predicted molar refractivity (Wildman–Crippen MR) is 96.4 cm³/mol. The molecule has 0 unspecified atom stereocenters. The lowest BCUT2D eigenvalue weighted by atomic mass is 9.96. The van der Waals surface area contributed by atoms with Gasteiger partial charge in [0.05, 0.1) is 0 Å². The Hall–Kier alpha value is -2.76. The SMILES string of the molecule is N[C@@H](CCC[n+]1cc(O)c(C[C@H](N)C(=O)O)c(CC[C@H](N)C(=O)O)c1)C(=O)O. The van der Waals surface area contributed by atoms with Gasteiger partial charge in [-0.05, 0) is 19.3 Å². The van der Waals surface area contributed by atoms with Crippen molar-refractivity contribution < 1.29 is 39.4 Å². The lowest BCUT2D eigenvalue weighted by molar-refractivity contribution is -0.698. The summed E-state index contributed by atoms with van der Waals surface area (Å²) >= 11 is 0. The molecule has 1 rings (SSSR count). The molecule has 0 fully saturated rings.